The molecular weight excluding hydrogens is 242 g/mol. The smallest absolute Gasteiger partial charge is 0.117 e. The molecule has 0 amide bonds. The van der Waals surface area contributed by atoms with E-state index in [2.05, 4.69) is 35.1 Å². The van der Waals surface area contributed by atoms with Gasteiger partial charge in [0.05, 0.1) is 10.7 Å². The summed E-state index contributed by atoms with van der Waals surface area (Å²) in [6.07, 6.45) is 5.04. The predicted molar refractivity (Wildman–Crippen MR) is 62.5 cm³/mol. The van der Waals surface area contributed by atoms with Gasteiger partial charge in [-0.1, -0.05) is 13.8 Å². The molecule has 1 N–H and O–H groups in total. The average Bonchev–Trinajstić information content (AvgIpc) is 2.59. The van der Waals surface area contributed by atoms with E-state index in [0.29, 0.717) is 6.04 Å². The van der Waals surface area contributed by atoms with Gasteiger partial charge in [0.15, 0.2) is 0 Å². The lowest BCUT2D eigenvalue weighted by molar-refractivity contribution is 0.441. The SMILES string of the molecule is CCNC(CC)CCc1occc1Br. The summed E-state index contributed by atoms with van der Waals surface area (Å²) in [6, 6.07) is 2.56. The Hall–Kier alpha value is -0.280. The van der Waals surface area contributed by atoms with Gasteiger partial charge in [-0.05, 0) is 41.4 Å². The number of hydrogen-bond donors (Lipinski definition) is 1. The van der Waals surface area contributed by atoms with Crippen LogP contribution in [0.1, 0.15) is 32.4 Å². The number of rotatable bonds is 6. The monoisotopic (exact) mass is 259 g/mol. The molecule has 0 radical (unpaired) electrons. The zero-order valence-corrected chi connectivity index (χ0v) is 10.4. The molecule has 1 aromatic heterocycles. The second-order valence-electron chi connectivity index (χ2n) is 3.39. The Morgan fingerprint density at radius 1 is 1.50 bits per heavy atom. The van der Waals surface area contributed by atoms with Gasteiger partial charge in [-0.2, -0.15) is 0 Å². The highest BCUT2D eigenvalue weighted by Crippen LogP contribution is 2.19. The van der Waals surface area contributed by atoms with E-state index in [4.69, 9.17) is 4.42 Å². The fourth-order valence-corrected chi connectivity index (χ4v) is 1.95. The van der Waals surface area contributed by atoms with E-state index in [1.807, 2.05) is 6.07 Å². The van der Waals surface area contributed by atoms with Gasteiger partial charge in [0, 0.05) is 12.5 Å². The quantitative estimate of drug-likeness (QED) is 0.848. The van der Waals surface area contributed by atoms with Crippen LogP contribution < -0.4 is 5.32 Å². The van der Waals surface area contributed by atoms with Gasteiger partial charge in [-0.25, -0.2) is 0 Å². The van der Waals surface area contributed by atoms with Crippen LogP contribution in [0.15, 0.2) is 21.2 Å². The highest BCUT2D eigenvalue weighted by atomic mass is 79.9. The van der Waals surface area contributed by atoms with Gasteiger partial charge in [-0.3, -0.25) is 0 Å². The van der Waals surface area contributed by atoms with E-state index >= 15 is 0 Å². The van der Waals surface area contributed by atoms with Crippen LogP contribution in [0.4, 0.5) is 0 Å². The van der Waals surface area contributed by atoms with E-state index in [-0.39, 0.29) is 0 Å². The average molecular weight is 260 g/mol. The lowest BCUT2D eigenvalue weighted by atomic mass is 10.1. The Bertz CT molecular complexity index is 260. The molecule has 0 aliphatic carbocycles. The van der Waals surface area contributed by atoms with Crippen LogP contribution in [0.25, 0.3) is 0 Å². The largest absolute Gasteiger partial charge is 0.468 e. The molecule has 1 unspecified atom stereocenters. The molecule has 0 saturated heterocycles. The maximum atomic E-state index is 5.36. The summed E-state index contributed by atoms with van der Waals surface area (Å²) < 4.78 is 6.45. The first-order valence-electron chi connectivity index (χ1n) is 5.23. The van der Waals surface area contributed by atoms with Crippen molar-refractivity contribution in [3.05, 3.63) is 22.6 Å². The van der Waals surface area contributed by atoms with Crippen LogP contribution >= 0.6 is 15.9 Å². The zero-order chi connectivity index (χ0) is 10.4. The highest BCUT2D eigenvalue weighted by molar-refractivity contribution is 9.10. The molecule has 80 valence electrons. The van der Waals surface area contributed by atoms with Crippen LogP contribution in [0.2, 0.25) is 0 Å². The van der Waals surface area contributed by atoms with Gasteiger partial charge >= 0.3 is 0 Å². The van der Waals surface area contributed by atoms with Crippen molar-refractivity contribution in [2.45, 2.75) is 39.2 Å². The van der Waals surface area contributed by atoms with Gasteiger partial charge in [0.25, 0.3) is 0 Å². The highest BCUT2D eigenvalue weighted by Gasteiger charge is 2.08. The normalized spacial score (nSPS) is 13.1. The molecule has 14 heavy (non-hydrogen) atoms. The molecule has 0 aliphatic rings. The third-order valence-electron chi connectivity index (χ3n) is 2.40. The molecule has 0 bridgehead atoms. The summed E-state index contributed by atoms with van der Waals surface area (Å²) in [5, 5.41) is 3.46. The van der Waals surface area contributed by atoms with Gasteiger partial charge in [0.2, 0.25) is 0 Å². The zero-order valence-electron chi connectivity index (χ0n) is 8.85. The van der Waals surface area contributed by atoms with Crippen molar-refractivity contribution >= 4 is 15.9 Å². The van der Waals surface area contributed by atoms with Crippen molar-refractivity contribution in [3.63, 3.8) is 0 Å². The van der Waals surface area contributed by atoms with E-state index < -0.39 is 0 Å². The number of nitrogens with one attached hydrogen (secondary N) is 1. The van der Waals surface area contributed by atoms with E-state index in [9.17, 15) is 0 Å². The summed E-state index contributed by atoms with van der Waals surface area (Å²) in [5.41, 5.74) is 0. The van der Waals surface area contributed by atoms with E-state index in [1.165, 1.54) is 6.42 Å². The minimum atomic E-state index is 0.608. The Labute approximate surface area is 94.2 Å². The predicted octanol–water partition coefficient (Wildman–Crippen LogP) is 3.36. The third kappa shape index (κ3) is 3.46. The van der Waals surface area contributed by atoms with Crippen LogP contribution in [-0.2, 0) is 6.42 Å². The first kappa shape index (κ1) is 11.8. The fraction of sp³-hybridized carbons (Fsp3) is 0.636. The molecule has 1 atom stereocenters. The summed E-state index contributed by atoms with van der Waals surface area (Å²) in [4.78, 5) is 0. The van der Waals surface area contributed by atoms with Gasteiger partial charge < -0.3 is 9.73 Å². The lowest BCUT2D eigenvalue weighted by Gasteiger charge is -2.14. The maximum Gasteiger partial charge on any atom is 0.117 e. The summed E-state index contributed by atoms with van der Waals surface area (Å²) in [6.45, 7) is 5.40. The molecule has 0 spiro atoms. The molecule has 1 heterocycles. The third-order valence-corrected chi connectivity index (χ3v) is 3.10. The van der Waals surface area contributed by atoms with Gasteiger partial charge in [-0.15, -0.1) is 0 Å². The maximum absolute atomic E-state index is 5.36. The Morgan fingerprint density at radius 3 is 2.79 bits per heavy atom. The van der Waals surface area contributed by atoms with E-state index in [1.54, 1.807) is 6.26 Å². The number of hydrogen-bond acceptors (Lipinski definition) is 2. The topological polar surface area (TPSA) is 25.2 Å². The fourth-order valence-electron chi connectivity index (χ4n) is 1.55. The summed E-state index contributed by atoms with van der Waals surface area (Å²) in [7, 11) is 0. The summed E-state index contributed by atoms with van der Waals surface area (Å²) >= 11 is 3.46. The van der Waals surface area contributed by atoms with Crippen LogP contribution in [-0.4, -0.2) is 12.6 Å². The van der Waals surface area contributed by atoms with Crippen molar-refractivity contribution in [1.82, 2.24) is 5.32 Å². The van der Waals surface area contributed by atoms with Crippen LogP contribution in [0.5, 0.6) is 0 Å². The Morgan fingerprint density at radius 2 is 2.29 bits per heavy atom. The second-order valence-corrected chi connectivity index (χ2v) is 4.25. The minimum absolute atomic E-state index is 0.608. The lowest BCUT2D eigenvalue weighted by Crippen LogP contribution is -2.28. The minimum Gasteiger partial charge on any atom is -0.468 e. The Kier molecular flexibility index (Phi) is 5.26. The Balaban J connectivity index is 2.35. The molecule has 0 saturated carbocycles. The van der Waals surface area contributed by atoms with Crippen molar-refractivity contribution in [1.29, 1.82) is 0 Å². The molecule has 0 aliphatic heterocycles. The molecule has 0 fully saturated rings. The summed E-state index contributed by atoms with van der Waals surface area (Å²) in [5.74, 6) is 1.06. The van der Waals surface area contributed by atoms with Crippen LogP contribution in [0.3, 0.4) is 0 Å². The van der Waals surface area contributed by atoms with Crippen molar-refractivity contribution < 1.29 is 4.42 Å². The second kappa shape index (κ2) is 6.25. The van der Waals surface area contributed by atoms with Crippen molar-refractivity contribution in [3.8, 4) is 0 Å². The van der Waals surface area contributed by atoms with Gasteiger partial charge in [0.1, 0.15) is 5.76 Å². The number of halogens is 1. The first-order valence-corrected chi connectivity index (χ1v) is 6.02. The molecular formula is C11H18BrNO. The van der Waals surface area contributed by atoms with Crippen molar-refractivity contribution in [2.75, 3.05) is 6.54 Å². The molecule has 0 aromatic carbocycles. The number of furan rings is 1. The number of aryl methyl sites for hydroxylation is 1. The van der Waals surface area contributed by atoms with Crippen LogP contribution in [0, 0.1) is 0 Å². The molecule has 1 rings (SSSR count). The molecule has 1 aromatic rings. The van der Waals surface area contributed by atoms with Crippen molar-refractivity contribution in [2.24, 2.45) is 0 Å². The molecule has 2 nitrogen and oxygen atoms in total. The van der Waals surface area contributed by atoms with E-state index in [0.717, 1.165) is 29.6 Å². The standard InChI is InChI=1S/C11H18BrNO/c1-3-9(13-4-2)5-6-11-10(12)7-8-14-11/h7-9,13H,3-6H2,1-2H3. The molecule has 3 heteroatoms. The first-order chi connectivity index (χ1) is 6.77.